The van der Waals surface area contributed by atoms with Gasteiger partial charge in [-0.2, -0.15) is 5.10 Å². The number of carbonyl (C=O) groups excluding carboxylic acids is 1. The van der Waals surface area contributed by atoms with Gasteiger partial charge in [-0.25, -0.2) is 4.79 Å². The van der Waals surface area contributed by atoms with Gasteiger partial charge in [-0.3, -0.25) is 9.48 Å². The van der Waals surface area contributed by atoms with Crippen molar-refractivity contribution in [2.45, 2.75) is 32.9 Å². The van der Waals surface area contributed by atoms with Crippen LogP contribution in [0.1, 0.15) is 37.3 Å². The molecule has 1 unspecified atom stereocenters. The number of likely N-dealkylation sites (N-methyl/N-ethyl adjacent to an activating group) is 1. The molecule has 0 aliphatic heterocycles. The molecule has 1 aromatic rings. The second-order valence-corrected chi connectivity index (χ2v) is 4.21. The molecule has 6 heteroatoms. The van der Waals surface area contributed by atoms with E-state index in [4.69, 9.17) is 5.11 Å². The minimum atomic E-state index is -1.04. The van der Waals surface area contributed by atoms with E-state index in [0.29, 0.717) is 0 Å². The summed E-state index contributed by atoms with van der Waals surface area (Å²) < 4.78 is 1.66. The Labute approximate surface area is 99.8 Å². The van der Waals surface area contributed by atoms with Crippen molar-refractivity contribution in [2.24, 2.45) is 0 Å². The van der Waals surface area contributed by atoms with Gasteiger partial charge in [0.05, 0.1) is 0 Å². The van der Waals surface area contributed by atoms with Gasteiger partial charge >= 0.3 is 5.97 Å². The summed E-state index contributed by atoms with van der Waals surface area (Å²) in [4.78, 5) is 23.8. The standard InChI is InChI=1S/C11H17N3O3/c1-7(2)14-6-5-9(12-14)10(15)13(4)8(3)11(16)17/h5-8H,1-4H3,(H,16,17). The zero-order valence-electron chi connectivity index (χ0n) is 10.4. The van der Waals surface area contributed by atoms with E-state index in [1.165, 1.54) is 14.0 Å². The van der Waals surface area contributed by atoms with Gasteiger partial charge in [0.25, 0.3) is 5.91 Å². The van der Waals surface area contributed by atoms with Crippen LogP contribution in [0.15, 0.2) is 12.3 Å². The van der Waals surface area contributed by atoms with Crippen molar-refractivity contribution in [1.82, 2.24) is 14.7 Å². The first-order valence-corrected chi connectivity index (χ1v) is 5.39. The number of hydrogen-bond donors (Lipinski definition) is 1. The number of nitrogens with zero attached hydrogens (tertiary/aromatic N) is 3. The molecule has 0 spiro atoms. The number of carbonyl (C=O) groups is 2. The molecule has 0 radical (unpaired) electrons. The van der Waals surface area contributed by atoms with E-state index in [1.54, 1.807) is 16.9 Å². The van der Waals surface area contributed by atoms with Crippen LogP contribution in [0.2, 0.25) is 0 Å². The number of aliphatic carboxylic acids is 1. The summed E-state index contributed by atoms with van der Waals surface area (Å²) >= 11 is 0. The normalized spacial score (nSPS) is 12.5. The lowest BCUT2D eigenvalue weighted by Gasteiger charge is -2.20. The Morgan fingerprint density at radius 2 is 2.00 bits per heavy atom. The zero-order valence-corrected chi connectivity index (χ0v) is 10.4. The highest BCUT2D eigenvalue weighted by Gasteiger charge is 2.24. The molecular weight excluding hydrogens is 222 g/mol. The maximum Gasteiger partial charge on any atom is 0.326 e. The highest BCUT2D eigenvalue weighted by molar-refractivity contribution is 5.94. The Bertz CT molecular complexity index is 425. The SMILES string of the molecule is CC(C(=O)O)N(C)C(=O)c1ccn(C(C)C)n1. The van der Waals surface area contributed by atoms with E-state index in [1.807, 2.05) is 13.8 Å². The van der Waals surface area contributed by atoms with Crippen LogP contribution >= 0.6 is 0 Å². The molecule has 94 valence electrons. The fourth-order valence-electron chi connectivity index (χ4n) is 1.26. The van der Waals surface area contributed by atoms with Crippen molar-refractivity contribution >= 4 is 11.9 Å². The number of aromatic nitrogens is 2. The second kappa shape index (κ2) is 4.99. The average molecular weight is 239 g/mol. The molecule has 0 fully saturated rings. The van der Waals surface area contributed by atoms with Gasteiger partial charge < -0.3 is 10.0 Å². The highest BCUT2D eigenvalue weighted by atomic mass is 16.4. The summed E-state index contributed by atoms with van der Waals surface area (Å²) in [7, 11) is 1.45. The fourth-order valence-corrected chi connectivity index (χ4v) is 1.26. The summed E-state index contributed by atoms with van der Waals surface area (Å²) in [6.07, 6.45) is 1.71. The Morgan fingerprint density at radius 1 is 1.41 bits per heavy atom. The van der Waals surface area contributed by atoms with Crippen molar-refractivity contribution in [3.05, 3.63) is 18.0 Å². The molecule has 6 nitrogen and oxygen atoms in total. The molecule has 0 saturated heterocycles. The monoisotopic (exact) mass is 239 g/mol. The van der Waals surface area contributed by atoms with E-state index >= 15 is 0 Å². The van der Waals surface area contributed by atoms with E-state index < -0.39 is 12.0 Å². The number of rotatable bonds is 4. The predicted octanol–water partition coefficient (Wildman–Crippen LogP) is 1.01. The van der Waals surface area contributed by atoms with Crippen LogP contribution in [0.4, 0.5) is 0 Å². The Morgan fingerprint density at radius 3 is 2.41 bits per heavy atom. The van der Waals surface area contributed by atoms with Gasteiger partial charge in [0.2, 0.25) is 0 Å². The molecule has 1 heterocycles. The van der Waals surface area contributed by atoms with Gasteiger partial charge in [0.15, 0.2) is 0 Å². The third kappa shape index (κ3) is 2.83. The summed E-state index contributed by atoms with van der Waals surface area (Å²) in [6.45, 7) is 5.36. The summed E-state index contributed by atoms with van der Waals surface area (Å²) in [6, 6.07) is 0.887. The molecule has 17 heavy (non-hydrogen) atoms. The smallest absolute Gasteiger partial charge is 0.326 e. The van der Waals surface area contributed by atoms with Crippen molar-refractivity contribution in [1.29, 1.82) is 0 Å². The molecular formula is C11H17N3O3. The maximum atomic E-state index is 11.9. The van der Waals surface area contributed by atoms with E-state index in [2.05, 4.69) is 5.10 Å². The van der Waals surface area contributed by atoms with Gasteiger partial charge in [0, 0.05) is 19.3 Å². The first-order chi connectivity index (χ1) is 7.84. The Kier molecular flexibility index (Phi) is 3.88. The maximum absolute atomic E-state index is 11.9. The van der Waals surface area contributed by atoms with Gasteiger partial charge in [-0.1, -0.05) is 0 Å². The van der Waals surface area contributed by atoms with Crippen LogP contribution in [-0.4, -0.2) is 44.8 Å². The van der Waals surface area contributed by atoms with E-state index in [-0.39, 0.29) is 17.6 Å². The molecule has 0 bridgehead atoms. The van der Waals surface area contributed by atoms with E-state index in [0.717, 1.165) is 4.90 Å². The second-order valence-electron chi connectivity index (χ2n) is 4.21. The minimum Gasteiger partial charge on any atom is -0.480 e. The van der Waals surface area contributed by atoms with Gasteiger partial charge in [-0.05, 0) is 26.8 Å². The first-order valence-electron chi connectivity index (χ1n) is 5.39. The van der Waals surface area contributed by atoms with Crippen LogP contribution in [-0.2, 0) is 4.79 Å². The lowest BCUT2D eigenvalue weighted by atomic mass is 10.2. The third-order valence-electron chi connectivity index (χ3n) is 2.62. The molecule has 1 N–H and O–H groups in total. The van der Waals surface area contributed by atoms with Crippen LogP contribution in [0, 0.1) is 0 Å². The topological polar surface area (TPSA) is 75.4 Å². The highest BCUT2D eigenvalue weighted by Crippen LogP contribution is 2.08. The zero-order chi connectivity index (χ0) is 13.2. The average Bonchev–Trinajstić information content (AvgIpc) is 2.75. The molecule has 0 saturated carbocycles. The fraction of sp³-hybridized carbons (Fsp3) is 0.545. The molecule has 0 aliphatic rings. The molecule has 1 rings (SSSR count). The number of amides is 1. The van der Waals surface area contributed by atoms with Crippen molar-refractivity contribution in [3.63, 3.8) is 0 Å². The van der Waals surface area contributed by atoms with Crippen molar-refractivity contribution < 1.29 is 14.7 Å². The quantitative estimate of drug-likeness (QED) is 0.850. The molecule has 0 aromatic carbocycles. The third-order valence-corrected chi connectivity index (χ3v) is 2.62. The lowest BCUT2D eigenvalue weighted by molar-refractivity contribution is -0.141. The van der Waals surface area contributed by atoms with Crippen LogP contribution in [0.25, 0.3) is 0 Å². The summed E-state index contributed by atoms with van der Waals surface area (Å²) in [5, 5.41) is 12.9. The van der Waals surface area contributed by atoms with E-state index in [9.17, 15) is 9.59 Å². The number of carboxylic acid groups (broad SMARTS) is 1. The van der Waals surface area contributed by atoms with Crippen molar-refractivity contribution in [3.8, 4) is 0 Å². The molecule has 1 amide bonds. The largest absolute Gasteiger partial charge is 0.480 e. The van der Waals surface area contributed by atoms with Crippen LogP contribution in [0.3, 0.4) is 0 Å². The first kappa shape index (κ1) is 13.2. The Hall–Kier alpha value is -1.85. The minimum absolute atomic E-state index is 0.166. The number of hydrogen-bond acceptors (Lipinski definition) is 3. The van der Waals surface area contributed by atoms with Gasteiger partial charge in [-0.15, -0.1) is 0 Å². The summed E-state index contributed by atoms with van der Waals surface area (Å²) in [5.41, 5.74) is 0.259. The summed E-state index contributed by atoms with van der Waals surface area (Å²) in [5.74, 6) is -1.43. The Balaban J connectivity index is 2.85. The van der Waals surface area contributed by atoms with Gasteiger partial charge in [0.1, 0.15) is 11.7 Å². The lowest BCUT2D eigenvalue weighted by Crippen LogP contribution is -2.40. The predicted molar refractivity (Wildman–Crippen MR) is 61.8 cm³/mol. The molecule has 1 aromatic heterocycles. The van der Waals surface area contributed by atoms with Crippen molar-refractivity contribution in [2.75, 3.05) is 7.05 Å². The van der Waals surface area contributed by atoms with Crippen LogP contribution < -0.4 is 0 Å². The molecule has 0 aliphatic carbocycles. The van der Waals surface area contributed by atoms with Crippen LogP contribution in [0.5, 0.6) is 0 Å². The number of carboxylic acids is 1. The molecule has 1 atom stereocenters.